The number of carbonyl (C=O) groups excluding carboxylic acids is 1. The van der Waals surface area contributed by atoms with Crippen LogP contribution in [0, 0.1) is 19.3 Å². The molecule has 2 nitrogen and oxygen atoms in total. The standard InChI is InChI=1S/C15H20O2/c1-10-8-7-9-13(11(10)2)17-14(16)12(3)15(4,5)6/h7-9H,3H2,1-2,4-6H3. The van der Waals surface area contributed by atoms with Gasteiger partial charge >= 0.3 is 5.97 Å². The quantitative estimate of drug-likeness (QED) is 0.440. The van der Waals surface area contributed by atoms with Gasteiger partial charge in [0, 0.05) is 5.57 Å². The van der Waals surface area contributed by atoms with Gasteiger partial charge in [0.15, 0.2) is 0 Å². The van der Waals surface area contributed by atoms with Gasteiger partial charge in [-0.2, -0.15) is 0 Å². The minimum atomic E-state index is -0.355. The van der Waals surface area contributed by atoms with Gasteiger partial charge in [-0.25, -0.2) is 4.79 Å². The Morgan fingerprint density at radius 1 is 1.24 bits per heavy atom. The summed E-state index contributed by atoms with van der Waals surface area (Å²) in [7, 11) is 0. The number of carbonyl (C=O) groups is 1. The Morgan fingerprint density at radius 3 is 2.35 bits per heavy atom. The van der Waals surface area contributed by atoms with Crippen molar-refractivity contribution in [2.45, 2.75) is 34.6 Å². The summed E-state index contributed by atoms with van der Waals surface area (Å²) in [5.41, 5.74) is 2.31. The molecule has 0 aliphatic rings. The van der Waals surface area contributed by atoms with E-state index in [0.29, 0.717) is 11.3 Å². The summed E-state index contributed by atoms with van der Waals surface area (Å²) in [6, 6.07) is 5.67. The average Bonchev–Trinajstić information content (AvgIpc) is 2.22. The summed E-state index contributed by atoms with van der Waals surface area (Å²) >= 11 is 0. The Balaban J connectivity index is 2.90. The van der Waals surface area contributed by atoms with Crippen LogP contribution in [0.25, 0.3) is 0 Å². The molecule has 1 rings (SSSR count). The molecule has 1 aromatic rings. The molecule has 0 amide bonds. The highest BCUT2D eigenvalue weighted by atomic mass is 16.5. The summed E-state index contributed by atoms with van der Waals surface area (Å²) in [5, 5.41) is 0. The van der Waals surface area contributed by atoms with Gasteiger partial charge in [-0.3, -0.25) is 0 Å². The maximum Gasteiger partial charge on any atom is 0.339 e. The topological polar surface area (TPSA) is 26.3 Å². The highest BCUT2D eigenvalue weighted by molar-refractivity contribution is 5.90. The van der Waals surface area contributed by atoms with Crippen LogP contribution in [0.15, 0.2) is 30.4 Å². The number of esters is 1. The Bertz CT molecular complexity index is 450. The summed E-state index contributed by atoms with van der Waals surface area (Å²) in [6.45, 7) is 13.6. The first-order valence-electron chi connectivity index (χ1n) is 5.71. The third-order valence-electron chi connectivity index (χ3n) is 2.91. The molecule has 1 aromatic carbocycles. The highest BCUT2D eigenvalue weighted by Gasteiger charge is 2.23. The normalized spacial score (nSPS) is 11.1. The van der Waals surface area contributed by atoms with Crippen molar-refractivity contribution in [2.24, 2.45) is 5.41 Å². The lowest BCUT2D eigenvalue weighted by Gasteiger charge is -2.20. The zero-order valence-electron chi connectivity index (χ0n) is 11.3. The first-order chi connectivity index (χ1) is 7.73. The van der Waals surface area contributed by atoms with Crippen LogP contribution in [-0.4, -0.2) is 5.97 Å². The molecular formula is C15H20O2. The van der Waals surface area contributed by atoms with Gasteiger partial charge in [-0.1, -0.05) is 39.5 Å². The van der Waals surface area contributed by atoms with E-state index in [1.807, 2.05) is 46.8 Å². The largest absolute Gasteiger partial charge is 0.423 e. The molecular weight excluding hydrogens is 212 g/mol. The van der Waals surface area contributed by atoms with E-state index in [9.17, 15) is 4.79 Å². The smallest absolute Gasteiger partial charge is 0.339 e. The first kappa shape index (κ1) is 13.5. The van der Waals surface area contributed by atoms with Gasteiger partial charge < -0.3 is 4.74 Å². The van der Waals surface area contributed by atoms with E-state index in [1.165, 1.54) is 0 Å². The average molecular weight is 232 g/mol. The van der Waals surface area contributed by atoms with E-state index in [0.717, 1.165) is 11.1 Å². The van der Waals surface area contributed by atoms with Crippen molar-refractivity contribution >= 4 is 5.97 Å². The molecule has 2 heteroatoms. The number of hydrogen-bond acceptors (Lipinski definition) is 2. The molecule has 0 saturated heterocycles. The monoisotopic (exact) mass is 232 g/mol. The Hall–Kier alpha value is -1.57. The SMILES string of the molecule is C=C(C(=O)Oc1cccc(C)c1C)C(C)(C)C. The van der Waals surface area contributed by atoms with Crippen molar-refractivity contribution in [2.75, 3.05) is 0 Å². The predicted octanol–water partition coefficient (Wildman–Crippen LogP) is 3.81. The lowest BCUT2D eigenvalue weighted by Crippen LogP contribution is -2.21. The molecule has 0 unspecified atom stereocenters. The second-order valence-corrected chi connectivity index (χ2v) is 5.32. The van der Waals surface area contributed by atoms with Crippen molar-refractivity contribution < 1.29 is 9.53 Å². The van der Waals surface area contributed by atoms with Gasteiger partial charge in [-0.05, 0) is 36.5 Å². The van der Waals surface area contributed by atoms with E-state index in [1.54, 1.807) is 6.07 Å². The van der Waals surface area contributed by atoms with Crippen LogP contribution in [0.2, 0.25) is 0 Å². The minimum absolute atomic E-state index is 0.269. The second kappa shape index (κ2) is 4.74. The van der Waals surface area contributed by atoms with Gasteiger partial charge in [0.05, 0.1) is 0 Å². The first-order valence-corrected chi connectivity index (χ1v) is 5.71. The molecule has 0 heterocycles. The van der Waals surface area contributed by atoms with E-state index in [-0.39, 0.29) is 11.4 Å². The number of hydrogen-bond donors (Lipinski definition) is 0. The molecule has 0 fully saturated rings. The van der Waals surface area contributed by atoms with Gasteiger partial charge in [-0.15, -0.1) is 0 Å². The van der Waals surface area contributed by atoms with Crippen molar-refractivity contribution in [1.82, 2.24) is 0 Å². The molecule has 0 bridgehead atoms. The molecule has 0 aliphatic carbocycles. The maximum atomic E-state index is 11.9. The third-order valence-corrected chi connectivity index (χ3v) is 2.91. The van der Waals surface area contributed by atoms with Crippen molar-refractivity contribution in [3.05, 3.63) is 41.5 Å². The lowest BCUT2D eigenvalue weighted by molar-refractivity contribution is -0.131. The Labute approximate surface area is 103 Å². The summed E-state index contributed by atoms with van der Waals surface area (Å²) in [4.78, 5) is 11.9. The van der Waals surface area contributed by atoms with E-state index >= 15 is 0 Å². The molecule has 0 spiro atoms. The van der Waals surface area contributed by atoms with E-state index in [2.05, 4.69) is 6.58 Å². The number of aryl methyl sites for hydroxylation is 1. The molecule has 92 valence electrons. The van der Waals surface area contributed by atoms with Crippen LogP contribution in [0.5, 0.6) is 5.75 Å². The fourth-order valence-corrected chi connectivity index (χ4v) is 1.30. The second-order valence-electron chi connectivity index (χ2n) is 5.32. The summed E-state index contributed by atoms with van der Waals surface area (Å²) < 4.78 is 5.38. The maximum absolute atomic E-state index is 11.9. The number of rotatable bonds is 2. The molecule has 0 aliphatic heterocycles. The van der Waals surface area contributed by atoms with Crippen molar-refractivity contribution in [3.8, 4) is 5.75 Å². The molecule has 0 aromatic heterocycles. The predicted molar refractivity (Wildman–Crippen MR) is 70.1 cm³/mol. The van der Waals surface area contributed by atoms with Crippen molar-refractivity contribution in [1.29, 1.82) is 0 Å². The zero-order chi connectivity index (χ0) is 13.2. The zero-order valence-corrected chi connectivity index (χ0v) is 11.3. The van der Waals surface area contributed by atoms with Gasteiger partial charge in [0.1, 0.15) is 5.75 Å². The van der Waals surface area contributed by atoms with Crippen molar-refractivity contribution in [3.63, 3.8) is 0 Å². The molecule has 0 radical (unpaired) electrons. The molecule has 17 heavy (non-hydrogen) atoms. The Kier molecular flexibility index (Phi) is 3.76. The van der Waals surface area contributed by atoms with Crippen LogP contribution < -0.4 is 4.74 Å². The number of benzene rings is 1. The summed E-state index contributed by atoms with van der Waals surface area (Å²) in [6.07, 6.45) is 0. The molecule has 0 N–H and O–H groups in total. The van der Waals surface area contributed by atoms with Crippen LogP contribution >= 0.6 is 0 Å². The highest BCUT2D eigenvalue weighted by Crippen LogP contribution is 2.27. The third kappa shape index (κ3) is 3.19. The van der Waals surface area contributed by atoms with Crippen LogP contribution in [0.1, 0.15) is 31.9 Å². The summed E-state index contributed by atoms with van der Waals surface area (Å²) in [5.74, 6) is 0.256. The fourth-order valence-electron chi connectivity index (χ4n) is 1.30. The van der Waals surface area contributed by atoms with Crippen LogP contribution in [-0.2, 0) is 4.79 Å². The molecule has 0 saturated carbocycles. The molecule has 0 atom stereocenters. The Morgan fingerprint density at radius 2 is 1.82 bits per heavy atom. The fraction of sp³-hybridized carbons (Fsp3) is 0.400. The van der Waals surface area contributed by atoms with Crippen LogP contribution in [0.4, 0.5) is 0 Å². The van der Waals surface area contributed by atoms with E-state index < -0.39 is 0 Å². The number of ether oxygens (including phenoxy) is 1. The van der Waals surface area contributed by atoms with Crippen LogP contribution in [0.3, 0.4) is 0 Å². The van der Waals surface area contributed by atoms with E-state index in [4.69, 9.17) is 4.74 Å². The minimum Gasteiger partial charge on any atom is -0.423 e. The van der Waals surface area contributed by atoms with Gasteiger partial charge in [0.2, 0.25) is 0 Å². The van der Waals surface area contributed by atoms with Gasteiger partial charge in [0.25, 0.3) is 0 Å². The lowest BCUT2D eigenvalue weighted by atomic mass is 9.88.